The predicted molar refractivity (Wildman–Crippen MR) is 129 cm³/mol. The molecule has 28 heavy (non-hydrogen) atoms. The minimum Gasteiger partial charge on any atom is -0.0620 e. The molecule has 0 saturated carbocycles. The zero-order chi connectivity index (χ0) is 19.3. The molecule has 2 atom stereocenters. The summed E-state index contributed by atoms with van der Waals surface area (Å²) in [5, 5.41) is 5.68. The minimum absolute atomic E-state index is 0.665. The highest BCUT2D eigenvalue weighted by Crippen LogP contribution is 2.27. The summed E-state index contributed by atoms with van der Waals surface area (Å²) in [6, 6.07) is 35.2. The summed E-state index contributed by atoms with van der Waals surface area (Å²) in [6.07, 6.45) is 0. The number of hydrogen-bond acceptors (Lipinski definition) is 0. The van der Waals surface area contributed by atoms with Crippen molar-refractivity contribution in [2.24, 2.45) is 0 Å². The van der Waals surface area contributed by atoms with Gasteiger partial charge in [-0.3, -0.25) is 0 Å². The van der Waals surface area contributed by atoms with Crippen LogP contribution < -0.4 is 21.2 Å². The van der Waals surface area contributed by atoms with E-state index in [0.717, 1.165) is 0 Å². The van der Waals surface area contributed by atoms with Gasteiger partial charge in [-0.2, -0.15) is 0 Å². The Hall–Kier alpha value is -2.26. The summed E-state index contributed by atoms with van der Waals surface area (Å²) < 4.78 is 0. The van der Waals surface area contributed by atoms with Crippen molar-refractivity contribution in [2.75, 3.05) is 0 Å². The third-order valence-electron chi connectivity index (χ3n) is 4.97. The van der Waals surface area contributed by atoms with Gasteiger partial charge in [-0.15, -0.1) is 0 Å². The first kappa shape index (κ1) is 19.1. The van der Waals surface area contributed by atoms with Gasteiger partial charge in [-0.1, -0.05) is 114 Å². The van der Waals surface area contributed by atoms with Crippen molar-refractivity contribution < 1.29 is 0 Å². The quantitative estimate of drug-likeness (QED) is 0.404. The van der Waals surface area contributed by atoms with Gasteiger partial charge in [0, 0.05) is 0 Å². The molecule has 4 aromatic rings. The highest BCUT2D eigenvalue weighted by molar-refractivity contribution is 7.56. The number of aryl methyl sites for hydroxylation is 2. The van der Waals surface area contributed by atoms with E-state index in [2.05, 4.69) is 111 Å². The molecule has 0 aliphatic rings. The average molecular weight is 398 g/mol. The molecular formula is C26H24P2. The Balaban J connectivity index is 1.75. The molecular weight excluding hydrogens is 374 g/mol. The molecule has 0 aliphatic heterocycles. The van der Waals surface area contributed by atoms with Crippen molar-refractivity contribution in [3.63, 3.8) is 0 Å². The average Bonchev–Trinajstić information content (AvgIpc) is 2.72. The molecule has 4 rings (SSSR count). The van der Waals surface area contributed by atoms with E-state index in [0.29, 0.717) is 17.2 Å². The smallest absolute Gasteiger partial charge is 0.00999 e. The fraction of sp³-hybridized carbons (Fsp3) is 0.0769. The standard InChI is InChI=1S/C26H24P2/c1-19-11-3-7-15-23(19)27-25-17-9-5-13-21(25)22-14-6-10-18-26(22)28-24-16-8-4-12-20(24)2/h3-18,27-28H,1-2H3. The first-order chi connectivity index (χ1) is 13.7. The molecule has 0 aliphatic carbocycles. The SMILES string of the molecule is Cc1ccccc1Pc1ccccc1-c1ccccc1Pc1ccccc1C. The Labute approximate surface area is 171 Å². The summed E-state index contributed by atoms with van der Waals surface area (Å²) >= 11 is 0. The Kier molecular flexibility index (Phi) is 6.01. The van der Waals surface area contributed by atoms with Crippen LogP contribution in [0.2, 0.25) is 0 Å². The van der Waals surface area contributed by atoms with Crippen LogP contribution in [0.15, 0.2) is 97.1 Å². The van der Waals surface area contributed by atoms with Crippen LogP contribution in [0, 0.1) is 13.8 Å². The zero-order valence-corrected chi connectivity index (χ0v) is 18.2. The van der Waals surface area contributed by atoms with Crippen LogP contribution in [-0.2, 0) is 0 Å². The van der Waals surface area contributed by atoms with E-state index in [4.69, 9.17) is 0 Å². The molecule has 0 N–H and O–H groups in total. The van der Waals surface area contributed by atoms with Crippen LogP contribution in [0.5, 0.6) is 0 Å². The van der Waals surface area contributed by atoms with Gasteiger partial charge in [-0.05, 0) is 57.3 Å². The first-order valence-corrected chi connectivity index (χ1v) is 11.6. The lowest BCUT2D eigenvalue weighted by atomic mass is 10.1. The van der Waals surface area contributed by atoms with Crippen LogP contribution >= 0.6 is 17.2 Å². The van der Waals surface area contributed by atoms with Gasteiger partial charge in [-0.25, -0.2) is 0 Å². The number of benzene rings is 4. The topological polar surface area (TPSA) is 0 Å². The van der Waals surface area contributed by atoms with E-state index >= 15 is 0 Å². The lowest BCUT2D eigenvalue weighted by Crippen LogP contribution is -2.13. The minimum atomic E-state index is 0.665. The van der Waals surface area contributed by atoms with Crippen molar-refractivity contribution >= 4 is 38.4 Å². The molecule has 0 bridgehead atoms. The second-order valence-electron chi connectivity index (χ2n) is 6.97. The van der Waals surface area contributed by atoms with Crippen LogP contribution in [-0.4, -0.2) is 0 Å². The summed E-state index contributed by atoms with van der Waals surface area (Å²) in [4.78, 5) is 0. The van der Waals surface area contributed by atoms with Crippen molar-refractivity contribution in [3.05, 3.63) is 108 Å². The van der Waals surface area contributed by atoms with E-state index in [1.807, 2.05) is 0 Å². The van der Waals surface area contributed by atoms with Gasteiger partial charge in [0.2, 0.25) is 0 Å². The molecule has 0 saturated heterocycles. The molecule has 0 aromatic heterocycles. The molecule has 2 unspecified atom stereocenters. The van der Waals surface area contributed by atoms with Gasteiger partial charge in [0.1, 0.15) is 0 Å². The Morgan fingerprint density at radius 1 is 0.393 bits per heavy atom. The van der Waals surface area contributed by atoms with E-state index < -0.39 is 0 Å². The van der Waals surface area contributed by atoms with Crippen LogP contribution in [0.3, 0.4) is 0 Å². The van der Waals surface area contributed by atoms with E-state index in [1.165, 1.54) is 43.5 Å². The van der Waals surface area contributed by atoms with Gasteiger partial charge >= 0.3 is 0 Å². The second-order valence-corrected chi connectivity index (χ2v) is 9.63. The fourth-order valence-electron chi connectivity index (χ4n) is 3.37. The van der Waals surface area contributed by atoms with Gasteiger partial charge in [0.25, 0.3) is 0 Å². The monoisotopic (exact) mass is 398 g/mol. The van der Waals surface area contributed by atoms with Gasteiger partial charge in [0.15, 0.2) is 0 Å². The second kappa shape index (κ2) is 8.83. The molecule has 138 valence electrons. The third-order valence-corrected chi connectivity index (χ3v) is 8.04. The Morgan fingerprint density at radius 2 is 0.714 bits per heavy atom. The van der Waals surface area contributed by atoms with Crippen molar-refractivity contribution in [1.29, 1.82) is 0 Å². The lowest BCUT2D eigenvalue weighted by molar-refractivity contribution is 1.52. The third kappa shape index (κ3) is 4.25. The first-order valence-electron chi connectivity index (χ1n) is 9.56. The summed E-state index contributed by atoms with van der Waals surface area (Å²) in [7, 11) is 1.33. The number of rotatable bonds is 5. The van der Waals surface area contributed by atoms with Crippen molar-refractivity contribution in [3.8, 4) is 11.1 Å². The summed E-state index contributed by atoms with van der Waals surface area (Å²) in [5.74, 6) is 0. The highest BCUT2D eigenvalue weighted by Gasteiger charge is 2.11. The van der Waals surface area contributed by atoms with E-state index in [1.54, 1.807) is 0 Å². The molecule has 0 nitrogen and oxygen atoms in total. The Morgan fingerprint density at radius 3 is 1.11 bits per heavy atom. The summed E-state index contributed by atoms with van der Waals surface area (Å²) in [6.45, 7) is 4.41. The maximum absolute atomic E-state index is 2.29. The van der Waals surface area contributed by atoms with Crippen molar-refractivity contribution in [1.82, 2.24) is 0 Å². The van der Waals surface area contributed by atoms with Crippen LogP contribution in [0.1, 0.15) is 11.1 Å². The number of hydrogen-bond donors (Lipinski definition) is 0. The van der Waals surface area contributed by atoms with Crippen molar-refractivity contribution in [2.45, 2.75) is 13.8 Å². The van der Waals surface area contributed by atoms with Crippen LogP contribution in [0.25, 0.3) is 11.1 Å². The molecule has 0 amide bonds. The highest BCUT2D eigenvalue weighted by atomic mass is 31.1. The zero-order valence-electron chi connectivity index (χ0n) is 16.2. The van der Waals surface area contributed by atoms with Gasteiger partial charge < -0.3 is 0 Å². The van der Waals surface area contributed by atoms with Crippen LogP contribution in [0.4, 0.5) is 0 Å². The molecule has 4 aromatic carbocycles. The maximum Gasteiger partial charge on any atom is -0.00999 e. The van der Waals surface area contributed by atoms with E-state index in [9.17, 15) is 0 Å². The largest absolute Gasteiger partial charge is 0.0620 e. The fourth-order valence-corrected chi connectivity index (χ4v) is 5.94. The Bertz CT molecular complexity index is 1010. The summed E-state index contributed by atoms with van der Waals surface area (Å²) in [5.41, 5.74) is 5.46. The lowest BCUT2D eigenvalue weighted by Gasteiger charge is -2.16. The molecule has 2 heteroatoms. The van der Waals surface area contributed by atoms with Gasteiger partial charge in [0.05, 0.1) is 0 Å². The molecule has 0 spiro atoms. The molecule has 0 heterocycles. The molecule has 0 radical (unpaired) electrons. The predicted octanol–water partition coefficient (Wildman–Crippen LogP) is 5.23. The molecule has 0 fully saturated rings. The normalized spacial score (nSPS) is 11.6. The maximum atomic E-state index is 2.29. The van der Waals surface area contributed by atoms with E-state index in [-0.39, 0.29) is 0 Å².